The van der Waals surface area contributed by atoms with E-state index in [0.29, 0.717) is 0 Å². The minimum atomic E-state index is -0.126. The molecule has 0 bridgehead atoms. The van der Waals surface area contributed by atoms with E-state index in [2.05, 4.69) is 172 Å². The van der Waals surface area contributed by atoms with E-state index in [4.69, 9.17) is 4.42 Å². The molecule has 230 valence electrons. The lowest BCUT2D eigenvalue weighted by Gasteiger charge is -2.30. The molecule has 8 aromatic rings. The van der Waals surface area contributed by atoms with Crippen LogP contribution in [0.15, 0.2) is 144 Å². The third-order valence-electron chi connectivity index (χ3n) is 11.2. The number of fused-ring (bicyclic) bond motifs is 11. The Morgan fingerprint density at radius 3 is 1.94 bits per heavy atom. The van der Waals surface area contributed by atoms with Crippen LogP contribution in [0.25, 0.3) is 55.0 Å². The molecule has 0 fully saturated rings. The van der Waals surface area contributed by atoms with Gasteiger partial charge in [0.1, 0.15) is 5.58 Å². The zero-order valence-corrected chi connectivity index (χ0v) is 27.6. The van der Waals surface area contributed by atoms with Gasteiger partial charge in [-0.1, -0.05) is 137 Å². The second-order valence-electron chi connectivity index (χ2n) is 14.5. The van der Waals surface area contributed by atoms with Gasteiger partial charge in [0.15, 0.2) is 5.58 Å². The fourth-order valence-electron chi connectivity index (χ4n) is 8.88. The highest BCUT2D eigenvalue weighted by atomic mass is 16.3. The maximum atomic E-state index is 6.89. The molecule has 2 aliphatic carbocycles. The number of anilines is 3. The summed E-state index contributed by atoms with van der Waals surface area (Å²) in [5, 5.41) is 4.70. The predicted octanol–water partition coefficient (Wildman–Crippen LogP) is 12.8. The van der Waals surface area contributed by atoms with E-state index in [1.165, 1.54) is 55.3 Å². The summed E-state index contributed by atoms with van der Waals surface area (Å²) in [6, 6.07) is 51.3. The van der Waals surface area contributed by atoms with Crippen LogP contribution in [0.3, 0.4) is 0 Å². The lowest BCUT2D eigenvalue weighted by atomic mass is 9.82. The minimum Gasteiger partial charge on any atom is -0.454 e. The molecule has 0 atom stereocenters. The van der Waals surface area contributed by atoms with Crippen LogP contribution in [0.2, 0.25) is 0 Å². The van der Waals surface area contributed by atoms with Crippen LogP contribution in [0.1, 0.15) is 49.9 Å². The van der Waals surface area contributed by atoms with E-state index < -0.39 is 0 Å². The lowest BCUT2D eigenvalue weighted by molar-refractivity contribution is 0.660. The van der Waals surface area contributed by atoms with E-state index in [1.807, 2.05) is 0 Å². The highest BCUT2D eigenvalue weighted by Crippen LogP contribution is 2.57. The standard InChI is InChI=1S/C46H35NO/c1-45(2)36-20-11-8-17-33(36)43-37(45)21-13-22-39(43)47(29-24-25-32-31-16-7-10-19-35(31)46(3,4)38(32)27-29)40-26-28-14-5-6-15-30(28)42-34-18-9-12-23-41(34)48-44(40)42/h5-27H,1-4H3. The van der Waals surface area contributed by atoms with Gasteiger partial charge in [0, 0.05) is 32.9 Å². The van der Waals surface area contributed by atoms with Crippen LogP contribution in [-0.4, -0.2) is 0 Å². The van der Waals surface area contributed by atoms with Crippen molar-refractivity contribution in [2.24, 2.45) is 0 Å². The van der Waals surface area contributed by atoms with E-state index in [9.17, 15) is 0 Å². The lowest BCUT2D eigenvalue weighted by Crippen LogP contribution is -2.17. The van der Waals surface area contributed by atoms with Crippen molar-refractivity contribution >= 4 is 49.8 Å². The molecule has 2 nitrogen and oxygen atoms in total. The Morgan fingerprint density at radius 1 is 0.479 bits per heavy atom. The van der Waals surface area contributed by atoms with Gasteiger partial charge in [-0.3, -0.25) is 0 Å². The predicted molar refractivity (Wildman–Crippen MR) is 201 cm³/mol. The van der Waals surface area contributed by atoms with Crippen LogP contribution in [-0.2, 0) is 10.8 Å². The Morgan fingerprint density at radius 2 is 1.10 bits per heavy atom. The van der Waals surface area contributed by atoms with Crippen molar-refractivity contribution < 1.29 is 4.42 Å². The Bertz CT molecular complexity index is 2630. The largest absolute Gasteiger partial charge is 0.454 e. The molecule has 1 heterocycles. The molecule has 0 spiro atoms. The van der Waals surface area contributed by atoms with Crippen molar-refractivity contribution in [1.29, 1.82) is 0 Å². The highest BCUT2D eigenvalue weighted by molar-refractivity contribution is 6.23. The first kappa shape index (κ1) is 27.5. The second kappa shape index (κ2) is 9.49. The average Bonchev–Trinajstić information content (AvgIpc) is 3.70. The smallest absolute Gasteiger partial charge is 0.160 e. The fraction of sp³-hybridized carbons (Fsp3) is 0.130. The first-order chi connectivity index (χ1) is 23.3. The summed E-state index contributed by atoms with van der Waals surface area (Å²) in [7, 11) is 0. The highest BCUT2D eigenvalue weighted by Gasteiger charge is 2.39. The van der Waals surface area contributed by atoms with Gasteiger partial charge in [-0.2, -0.15) is 0 Å². The number of nitrogens with zero attached hydrogens (tertiary/aromatic N) is 1. The van der Waals surface area contributed by atoms with Crippen molar-refractivity contribution in [1.82, 2.24) is 0 Å². The topological polar surface area (TPSA) is 16.4 Å². The Kier molecular flexibility index (Phi) is 5.44. The number of benzene rings is 7. The molecule has 0 unspecified atom stereocenters. The van der Waals surface area contributed by atoms with Gasteiger partial charge in [0.05, 0.1) is 11.4 Å². The Hall–Kier alpha value is -5.60. The van der Waals surface area contributed by atoms with Crippen LogP contribution < -0.4 is 4.90 Å². The van der Waals surface area contributed by atoms with Crippen molar-refractivity contribution in [3.8, 4) is 22.3 Å². The van der Waals surface area contributed by atoms with E-state index >= 15 is 0 Å². The van der Waals surface area contributed by atoms with Gasteiger partial charge in [0.2, 0.25) is 0 Å². The summed E-state index contributed by atoms with van der Waals surface area (Å²) in [6.07, 6.45) is 0. The zero-order chi connectivity index (χ0) is 32.4. The molecule has 0 saturated carbocycles. The third-order valence-corrected chi connectivity index (χ3v) is 11.2. The molecule has 1 aromatic heterocycles. The molecule has 2 heteroatoms. The number of rotatable bonds is 3. The Balaban J connectivity index is 1.34. The molecule has 10 rings (SSSR count). The fourth-order valence-corrected chi connectivity index (χ4v) is 8.88. The van der Waals surface area contributed by atoms with Crippen molar-refractivity contribution in [2.45, 2.75) is 38.5 Å². The van der Waals surface area contributed by atoms with E-state index in [1.54, 1.807) is 0 Å². The molecule has 0 amide bonds. The summed E-state index contributed by atoms with van der Waals surface area (Å²) in [5.41, 5.74) is 15.6. The molecular weight excluding hydrogens is 583 g/mol. The number of hydrogen-bond donors (Lipinski definition) is 0. The monoisotopic (exact) mass is 617 g/mol. The summed E-state index contributed by atoms with van der Waals surface area (Å²) >= 11 is 0. The van der Waals surface area contributed by atoms with Gasteiger partial charge in [-0.25, -0.2) is 0 Å². The van der Waals surface area contributed by atoms with Crippen LogP contribution in [0.5, 0.6) is 0 Å². The summed E-state index contributed by atoms with van der Waals surface area (Å²) in [6.45, 7) is 9.43. The first-order valence-corrected chi connectivity index (χ1v) is 16.9. The molecular formula is C46H35NO. The summed E-state index contributed by atoms with van der Waals surface area (Å²) in [4.78, 5) is 2.48. The van der Waals surface area contributed by atoms with Crippen LogP contribution >= 0.6 is 0 Å². The van der Waals surface area contributed by atoms with E-state index in [-0.39, 0.29) is 10.8 Å². The normalized spacial score (nSPS) is 15.0. The Labute approximate surface area is 280 Å². The number of para-hydroxylation sites is 1. The van der Waals surface area contributed by atoms with Crippen molar-refractivity contribution in [3.63, 3.8) is 0 Å². The van der Waals surface area contributed by atoms with Crippen molar-refractivity contribution in [3.05, 3.63) is 162 Å². The average molecular weight is 618 g/mol. The molecule has 2 aliphatic rings. The molecule has 0 radical (unpaired) electrons. The summed E-state index contributed by atoms with van der Waals surface area (Å²) < 4.78 is 6.89. The number of furan rings is 1. The number of hydrogen-bond acceptors (Lipinski definition) is 2. The van der Waals surface area contributed by atoms with Crippen molar-refractivity contribution in [2.75, 3.05) is 4.90 Å². The second-order valence-corrected chi connectivity index (χ2v) is 14.5. The van der Waals surface area contributed by atoms with Crippen LogP contribution in [0, 0.1) is 0 Å². The maximum absolute atomic E-state index is 6.89. The quantitative estimate of drug-likeness (QED) is 0.196. The van der Waals surface area contributed by atoms with Crippen LogP contribution in [0.4, 0.5) is 17.1 Å². The molecule has 0 aliphatic heterocycles. The van der Waals surface area contributed by atoms with Gasteiger partial charge >= 0.3 is 0 Å². The molecule has 0 saturated heterocycles. The van der Waals surface area contributed by atoms with Gasteiger partial charge < -0.3 is 9.32 Å². The maximum Gasteiger partial charge on any atom is 0.160 e. The first-order valence-electron chi connectivity index (χ1n) is 16.9. The molecule has 7 aromatic carbocycles. The van der Waals surface area contributed by atoms with Gasteiger partial charge in [0.25, 0.3) is 0 Å². The SMILES string of the molecule is CC1(C)c2ccccc2-c2ccc(N(c3cccc4c3-c3ccccc3C4(C)C)c3cc4ccccc4c4c3oc3ccccc34)cc21. The minimum absolute atomic E-state index is 0.118. The molecule has 48 heavy (non-hydrogen) atoms. The zero-order valence-electron chi connectivity index (χ0n) is 27.6. The van der Waals surface area contributed by atoms with Gasteiger partial charge in [-0.05, 0) is 80.0 Å². The third kappa shape index (κ3) is 3.52. The van der Waals surface area contributed by atoms with E-state index in [0.717, 1.165) is 39.0 Å². The summed E-state index contributed by atoms with van der Waals surface area (Å²) in [5.74, 6) is 0. The molecule has 0 N–H and O–H groups in total. The van der Waals surface area contributed by atoms with Gasteiger partial charge in [-0.15, -0.1) is 0 Å².